The maximum atomic E-state index is 11.9. The maximum absolute atomic E-state index is 11.9. The highest BCUT2D eigenvalue weighted by Gasteiger charge is 2.39. The van der Waals surface area contributed by atoms with Crippen molar-refractivity contribution < 1.29 is 14.7 Å². The Morgan fingerprint density at radius 1 is 0.778 bits per heavy atom. The minimum Gasteiger partial charge on any atom is -0.481 e. The first kappa shape index (κ1) is 51.4. The Kier molecular flexibility index (Phi) is 15.4. The smallest absolute Gasteiger partial charge is 0.304 e. The summed E-state index contributed by atoms with van der Waals surface area (Å²) in [5.74, 6) is -0.217. The number of likely N-dealkylation sites (tertiary alicyclic amines) is 2. The van der Waals surface area contributed by atoms with Gasteiger partial charge in [-0.3, -0.25) is 19.4 Å². The average Bonchev–Trinajstić information content (AvgIpc) is 4.17. The van der Waals surface area contributed by atoms with Crippen LogP contribution in [0.4, 0.5) is 0 Å². The molecule has 8 atom stereocenters. The number of aryl methyl sites for hydroxylation is 1. The van der Waals surface area contributed by atoms with E-state index in [0.29, 0.717) is 55.2 Å². The van der Waals surface area contributed by atoms with Crippen molar-refractivity contribution in [3.05, 3.63) is 115 Å². The normalized spacial score (nSPS) is 23.6. The molecule has 72 heavy (non-hydrogen) atoms. The molecule has 2 aromatic carbocycles. The van der Waals surface area contributed by atoms with Crippen LogP contribution in [0.3, 0.4) is 0 Å². The monoisotopic (exact) mass is 1050 g/mol. The number of halogens is 4. The lowest BCUT2D eigenvalue weighted by Crippen LogP contribution is -2.48. The van der Waals surface area contributed by atoms with Crippen molar-refractivity contribution in [1.82, 2.24) is 49.3 Å². The van der Waals surface area contributed by atoms with E-state index in [0.717, 1.165) is 109 Å². The second-order valence-electron chi connectivity index (χ2n) is 19.8. The molecule has 0 radical (unpaired) electrons. The Balaban J connectivity index is 0.000000178. The van der Waals surface area contributed by atoms with E-state index in [2.05, 4.69) is 52.0 Å². The van der Waals surface area contributed by atoms with Crippen molar-refractivity contribution in [2.75, 3.05) is 13.1 Å². The number of hydrogen-bond donors (Lipinski definition) is 2. The first-order valence-corrected chi connectivity index (χ1v) is 26.2. The highest BCUT2D eigenvalue weighted by Crippen LogP contribution is 2.40. The molecule has 15 nitrogen and oxygen atoms in total. The molecule has 0 saturated carbocycles. The number of nitrogens with two attached hydrogens (primary N) is 1. The molecule has 2 saturated heterocycles. The molecular weight excluding hydrogens is 994 g/mol. The summed E-state index contributed by atoms with van der Waals surface area (Å²) in [5, 5.41) is 30.5. The molecule has 2 fully saturated rings. The minimum atomic E-state index is -0.734. The summed E-state index contributed by atoms with van der Waals surface area (Å²) >= 11 is 25.1. The van der Waals surface area contributed by atoms with E-state index in [9.17, 15) is 20.0 Å². The molecule has 6 aromatic rings. The van der Waals surface area contributed by atoms with Gasteiger partial charge in [-0.25, -0.2) is 29.3 Å². The molecule has 1 amide bonds. The predicted molar refractivity (Wildman–Crippen MR) is 282 cm³/mol. The number of aliphatic carboxylic acids is 1. The number of benzene rings is 2. The molecule has 4 aromatic heterocycles. The molecule has 10 rings (SSSR count). The van der Waals surface area contributed by atoms with Crippen LogP contribution >= 0.6 is 46.4 Å². The van der Waals surface area contributed by atoms with Gasteiger partial charge < -0.3 is 10.8 Å². The van der Waals surface area contributed by atoms with Gasteiger partial charge in [0.1, 0.15) is 17.1 Å². The van der Waals surface area contributed by atoms with Crippen molar-refractivity contribution in [2.24, 2.45) is 17.6 Å². The predicted octanol–water partition coefficient (Wildman–Crippen LogP) is 10.9. The van der Waals surface area contributed by atoms with Crippen molar-refractivity contribution >= 4 is 91.8 Å². The topological polar surface area (TPSA) is 198 Å². The zero-order valence-corrected chi connectivity index (χ0v) is 44.0. The first-order valence-electron chi connectivity index (χ1n) is 24.7. The van der Waals surface area contributed by atoms with Gasteiger partial charge in [0.25, 0.3) is 0 Å². The minimum absolute atomic E-state index is 0.107. The van der Waals surface area contributed by atoms with Crippen LogP contribution in [0, 0.1) is 30.1 Å². The van der Waals surface area contributed by atoms with Gasteiger partial charge in [0.2, 0.25) is 5.91 Å². The Labute approximate surface area is 439 Å². The summed E-state index contributed by atoms with van der Waals surface area (Å²) in [4.78, 5) is 47.2. The number of amides is 1. The highest BCUT2D eigenvalue weighted by molar-refractivity contribution is 6.35. The van der Waals surface area contributed by atoms with Crippen LogP contribution in [0.15, 0.2) is 60.9 Å². The van der Waals surface area contributed by atoms with Crippen LogP contribution in [-0.4, -0.2) is 104 Å². The van der Waals surface area contributed by atoms with Gasteiger partial charge in [-0.15, -0.1) is 0 Å². The Morgan fingerprint density at radius 2 is 1.29 bits per heavy atom. The second kappa shape index (κ2) is 21.5. The fourth-order valence-corrected chi connectivity index (χ4v) is 12.6. The van der Waals surface area contributed by atoms with Gasteiger partial charge in [-0.2, -0.15) is 15.5 Å². The summed E-state index contributed by atoms with van der Waals surface area (Å²) in [7, 11) is 0. The third-order valence-corrected chi connectivity index (χ3v) is 16.3. The molecule has 19 heteroatoms. The number of carboxylic acids is 1. The van der Waals surface area contributed by atoms with Crippen LogP contribution < -0.4 is 5.73 Å². The summed E-state index contributed by atoms with van der Waals surface area (Å²) in [5.41, 5.74) is 14.9. The van der Waals surface area contributed by atoms with Gasteiger partial charge in [0.05, 0.1) is 54.0 Å². The summed E-state index contributed by atoms with van der Waals surface area (Å²) in [6.45, 7) is 12.3. The second-order valence-corrected chi connectivity index (χ2v) is 21.5. The van der Waals surface area contributed by atoms with Gasteiger partial charge in [0, 0.05) is 38.2 Å². The number of nitriles is 1. The van der Waals surface area contributed by atoms with Crippen LogP contribution in [0.1, 0.15) is 131 Å². The van der Waals surface area contributed by atoms with Crippen LogP contribution in [0.2, 0.25) is 20.1 Å². The Bertz CT molecular complexity index is 3160. The third kappa shape index (κ3) is 10.4. The van der Waals surface area contributed by atoms with E-state index in [1.807, 2.05) is 49.8 Å². The van der Waals surface area contributed by atoms with Gasteiger partial charge in [-0.1, -0.05) is 84.5 Å². The average molecular weight is 1050 g/mol. The van der Waals surface area contributed by atoms with Crippen molar-refractivity contribution in [3.63, 3.8) is 0 Å². The van der Waals surface area contributed by atoms with Crippen molar-refractivity contribution in [2.45, 2.75) is 129 Å². The van der Waals surface area contributed by atoms with E-state index in [1.165, 1.54) is 5.57 Å². The Morgan fingerprint density at radius 3 is 1.82 bits per heavy atom. The zero-order valence-electron chi connectivity index (χ0n) is 40.9. The van der Waals surface area contributed by atoms with E-state index >= 15 is 0 Å². The lowest BCUT2D eigenvalue weighted by atomic mass is 9.83. The third-order valence-electron chi connectivity index (χ3n) is 15.2. The van der Waals surface area contributed by atoms with E-state index in [4.69, 9.17) is 72.2 Å². The fourth-order valence-electron chi connectivity index (χ4n) is 11.5. The van der Waals surface area contributed by atoms with E-state index in [1.54, 1.807) is 29.1 Å². The number of carbonyl (C=O) groups excluding carboxylic acids is 1. The number of nitrogens with zero attached hydrogens (tertiary/aromatic N) is 11. The quantitative estimate of drug-likeness (QED) is 0.125. The van der Waals surface area contributed by atoms with Gasteiger partial charge >= 0.3 is 5.97 Å². The molecule has 376 valence electrons. The number of allylic oxidation sites excluding steroid dienone is 2. The number of hydrogen-bond acceptors (Lipinski definition) is 11. The Hall–Kier alpha value is -5.47. The molecule has 0 spiro atoms. The lowest BCUT2D eigenvalue weighted by Gasteiger charge is -2.38. The lowest BCUT2D eigenvalue weighted by molar-refractivity contribution is -0.138. The number of carbonyl (C=O) groups is 2. The fraction of sp³-hybridized carbons (Fsp3) is 0.453. The first-order chi connectivity index (χ1) is 34.5. The molecular formula is C53H58Cl4N12O3. The molecule has 2 aliphatic carbocycles. The maximum Gasteiger partial charge on any atom is 0.304 e. The van der Waals surface area contributed by atoms with Crippen LogP contribution in [-0.2, 0) is 9.59 Å². The summed E-state index contributed by atoms with van der Waals surface area (Å²) in [6, 6.07) is 13.1. The number of primary amides is 1. The van der Waals surface area contributed by atoms with E-state index in [-0.39, 0.29) is 42.2 Å². The standard InChI is InChI=1S/C27H28Cl2N6O2.C26H30Cl2N6O/c1-15-10-17(5-8-24(15)34-9-3-4-19(34)12-25(36)37)23-14-31-26-22(13-30)33-35(27(26)32-23)16(2)20-7-6-18(28)11-21(20)29;1-14-11-17(6-9-22(14)33-10-4-5-23(33)25(29)35)21-13-30-24-15(2)32-34(26(24)31-21)16(3)19-8-7-18(27)12-20(19)28/h5-7,11,14-16,19,24H,3-4,8-10,12H2,1-2H3,(H,36,37);6-8,12-14,16,22-23H,4-5,9-11H2,1-3H3,(H2,29,35)/t15?,16-,19+,24?;14-,16-,22+,23+/m11/s1. The number of aromatic nitrogens is 8. The van der Waals surface area contributed by atoms with Crippen molar-refractivity contribution in [3.8, 4) is 6.07 Å². The van der Waals surface area contributed by atoms with Crippen LogP contribution in [0.25, 0.3) is 33.5 Å². The molecule has 4 aliphatic rings. The van der Waals surface area contributed by atoms with Gasteiger partial charge in [0.15, 0.2) is 17.0 Å². The summed E-state index contributed by atoms with van der Waals surface area (Å²) < 4.78 is 3.60. The largest absolute Gasteiger partial charge is 0.481 e. The summed E-state index contributed by atoms with van der Waals surface area (Å²) in [6.07, 6.45) is 15.5. The van der Waals surface area contributed by atoms with Crippen molar-refractivity contribution in [1.29, 1.82) is 5.26 Å². The number of fused-ring (bicyclic) bond motifs is 2. The van der Waals surface area contributed by atoms with Crippen LogP contribution in [0.5, 0.6) is 0 Å². The highest BCUT2D eigenvalue weighted by atomic mass is 35.5. The molecule has 0 bridgehead atoms. The van der Waals surface area contributed by atoms with E-state index < -0.39 is 5.97 Å². The number of rotatable bonds is 11. The zero-order chi connectivity index (χ0) is 51.1. The molecule has 3 N–H and O–H groups in total. The molecule has 2 unspecified atom stereocenters. The van der Waals surface area contributed by atoms with Gasteiger partial charge in [-0.05, 0) is 144 Å². The SMILES string of the molecule is CC1CC(c2cnc3c(C#N)nn([C@H](C)c4ccc(Cl)cc4Cl)c3n2)=CCC1N1CCC[C@H]1CC(=O)O.Cc1nn([C@H](C)c2ccc(Cl)cc2Cl)c2nc(C3=CC[C@H](N4CCC[C@H]4C(N)=O)[C@H](C)C3)cnc12. The molecule has 6 heterocycles. The molecule has 2 aliphatic heterocycles. The number of carboxylic acid groups (broad SMARTS) is 1.